The number of hydrogen-bond donors (Lipinski definition) is 1. The summed E-state index contributed by atoms with van der Waals surface area (Å²) in [5.74, 6) is 0.695. The van der Waals surface area contributed by atoms with E-state index in [-0.39, 0.29) is 0 Å². The van der Waals surface area contributed by atoms with Gasteiger partial charge in [0.15, 0.2) is 10.4 Å². The molecule has 6 heteroatoms. The van der Waals surface area contributed by atoms with E-state index in [1.807, 2.05) is 17.6 Å². The van der Waals surface area contributed by atoms with Gasteiger partial charge in [-0.3, -0.25) is 4.21 Å². The van der Waals surface area contributed by atoms with Crippen LogP contribution in [0.5, 0.6) is 0 Å². The van der Waals surface area contributed by atoms with E-state index >= 15 is 0 Å². The molecule has 0 fully saturated rings. The van der Waals surface area contributed by atoms with Gasteiger partial charge in [-0.15, -0.1) is 0 Å². The number of aromatic amines is 1. The van der Waals surface area contributed by atoms with Crippen molar-refractivity contribution in [1.29, 1.82) is 0 Å². The maximum Gasteiger partial charge on any atom is 0.179 e. The number of rotatable bonds is 4. The van der Waals surface area contributed by atoms with E-state index in [2.05, 4.69) is 9.97 Å². The van der Waals surface area contributed by atoms with Gasteiger partial charge < -0.3 is 9.55 Å². The number of H-pyrrole nitrogens is 1. The minimum absolute atomic E-state index is 0.684. The normalized spacial score (nSPS) is 13.1. The van der Waals surface area contributed by atoms with E-state index in [0.717, 1.165) is 29.7 Å². The Labute approximate surface area is 108 Å². The average molecular weight is 269 g/mol. The monoisotopic (exact) mass is 269 g/mol. The lowest BCUT2D eigenvalue weighted by Crippen LogP contribution is -2.03. The Morgan fingerprint density at radius 2 is 2.35 bits per heavy atom. The van der Waals surface area contributed by atoms with Crippen molar-refractivity contribution in [2.24, 2.45) is 0 Å². The van der Waals surface area contributed by atoms with Crippen LogP contribution < -0.4 is 0 Å². The molecule has 0 bridgehead atoms. The van der Waals surface area contributed by atoms with Crippen LogP contribution in [0, 0.1) is 11.7 Å². The van der Waals surface area contributed by atoms with E-state index in [0.29, 0.717) is 10.5 Å². The fourth-order valence-electron chi connectivity index (χ4n) is 1.81. The molecular formula is C11H15N3OS2. The summed E-state index contributed by atoms with van der Waals surface area (Å²) in [6, 6.07) is 1.96. The predicted molar refractivity (Wildman–Crippen MR) is 73.2 cm³/mol. The van der Waals surface area contributed by atoms with Gasteiger partial charge in [0.05, 0.1) is 5.52 Å². The van der Waals surface area contributed by atoms with Gasteiger partial charge in [-0.05, 0) is 37.2 Å². The smallest absolute Gasteiger partial charge is 0.179 e. The third kappa shape index (κ3) is 2.63. The summed E-state index contributed by atoms with van der Waals surface area (Å²) >= 11 is 5.28. The Kier molecular flexibility index (Phi) is 3.73. The highest BCUT2D eigenvalue weighted by atomic mass is 32.2. The van der Waals surface area contributed by atoms with Crippen molar-refractivity contribution in [3.8, 4) is 0 Å². The molecule has 0 radical (unpaired) electrons. The van der Waals surface area contributed by atoms with Gasteiger partial charge >= 0.3 is 0 Å². The number of nitrogens with zero attached hydrogens (tertiary/aromatic N) is 2. The van der Waals surface area contributed by atoms with Crippen molar-refractivity contribution in [2.75, 3.05) is 12.0 Å². The molecule has 0 aromatic carbocycles. The second-order valence-electron chi connectivity index (χ2n) is 4.04. The largest absolute Gasteiger partial charge is 0.329 e. The van der Waals surface area contributed by atoms with Crippen molar-refractivity contribution in [2.45, 2.75) is 19.9 Å². The minimum Gasteiger partial charge on any atom is -0.329 e. The maximum absolute atomic E-state index is 11.0. The fraction of sp³-hybridized carbons (Fsp3) is 0.455. The van der Waals surface area contributed by atoms with Crippen LogP contribution in [0.25, 0.3) is 11.2 Å². The number of pyridine rings is 1. The molecule has 2 aromatic heterocycles. The standard InChI is InChI=1S/C11H15N3OS2/c1-8-4-5-12-10-9(8)13-11(16)14(10)6-3-7-17(2)15/h4-5H,3,6-7H2,1-2H3,(H,13,16). The molecule has 17 heavy (non-hydrogen) atoms. The van der Waals surface area contributed by atoms with Crippen molar-refractivity contribution in [3.05, 3.63) is 22.6 Å². The molecule has 0 aliphatic heterocycles. The lowest BCUT2D eigenvalue weighted by atomic mass is 10.3. The molecule has 92 valence electrons. The number of nitrogens with one attached hydrogen (secondary N) is 1. The van der Waals surface area contributed by atoms with Gasteiger partial charge in [0.25, 0.3) is 0 Å². The van der Waals surface area contributed by atoms with Gasteiger partial charge in [-0.1, -0.05) is 0 Å². The number of imidazole rings is 1. The zero-order valence-electron chi connectivity index (χ0n) is 9.90. The lowest BCUT2D eigenvalue weighted by Gasteiger charge is -2.02. The molecule has 2 rings (SSSR count). The van der Waals surface area contributed by atoms with Gasteiger partial charge in [0, 0.05) is 35.5 Å². The van der Waals surface area contributed by atoms with Crippen LogP contribution in [-0.2, 0) is 17.3 Å². The maximum atomic E-state index is 11.0. The number of hydrogen-bond acceptors (Lipinski definition) is 3. The van der Waals surface area contributed by atoms with Crippen LogP contribution in [0.15, 0.2) is 12.3 Å². The quantitative estimate of drug-likeness (QED) is 0.865. The summed E-state index contributed by atoms with van der Waals surface area (Å²) in [6.45, 7) is 2.79. The minimum atomic E-state index is -0.750. The highest BCUT2D eigenvalue weighted by Crippen LogP contribution is 2.15. The molecule has 0 spiro atoms. The summed E-state index contributed by atoms with van der Waals surface area (Å²) in [7, 11) is -0.750. The first-order valence-corrected chi connectivity index (χ1v) is 7.57. The second kappa shape index (κ2) is 5.10. The number of fused-ring (bicyclic) bond motifs is 1. The highest BCUT2D eigenvalue weighted by Gasteiger charge is 2.07. The van der Waals surface area contributed by atoms with Gasteiger partial charge in [-0.2, -0.15) is 0 Å². The first-order valence-electron chi connectivity index (χ1n) is 5.43. The fourth-order valence-corrected chi connectivity index (χ4v) is 2.62. The summed E-state index contributed by atoms with van der Waals surface area (Å²) in [5.41, 5.74) is 3.02. The highest BCUT2D eigenvalue weighted by molar-refractivity contribution is 7.84. The molecule has 1 N–H and O–H groups in total. The van der Waals surface area contributed by atoms with E-state index in [1.54, 1.807) is 12.5 Å². The number of aromatic nitrogens is 3. The SMILES string of the molecule is Cc1ccnc2c1[nH]c(=S)n2CCCS(C)=O. The Morgan fingerprint density at radius 3 is 3.06 bits per heavy atom. The molecule has 0 saturated carbocycles. The van der Waals surface area contributed by atoms with Crippen LogP contribution in [0.3, 0.4) is 0 Å². The van der Waals surface area contributed by atoms with Crippen LogP contribution >= 0.6 is 12.2 Å². The molecule has 0 saturated heterocycles. The van der Waals surface area contributed by atoms with E-state index in [1.165, 1.54) is 0 Å². The van der Waals surface area contributed by atoms with Crippen LogP contribution in [0.1, 0.15) is 12.0 Å². The molecule has 1 unspecified atom stereocenters. The van der Waals surface area contributed by atoms with Crippen molar-refractivity contribution in [3.63, 3.8) is 0 Å². The van der Waals surface area contributed by atoms with E-state index < -0.39 is 10.8 Å². The molecule has 2 heterocycles. The molecule has 2 aromatic rings. The Morgan fingerprint density at radius 1 is 1.59 bits per heavy atom. The van der Waals surface area contributed by atoms with Gasteiger partial charge in [-0.25, -0.2) is 4.98 Å². The first-order chi connectivity index (χ1) is 8.09. The zero-order chi connectivity index (χ0) is 12.4. The van der Waals surface area contributed by atoms with Gasteiger partial charge in [0.2, 0.25) is 0 Å². The van der Waals surface area contributed by atoms with Gasteiger partial charge in [0.1, 0.15) is 0 Å². The Hall–Kier alpha value is -1.01. The Balaban J connectivity index is 2.34. The third-order valence-corrected chi connectivity index (χ3v) is 3.87. The van der Waals surface area contributed by atoms with Crippen LogP contribution in [0.2, 0.25) is 0 Å². The topological polar surface area (TPSA) is 50.7 Å². The van der Waals surface area contributed by atoms with Crippen LogP contribution in [-0.4, -0.2) is 30.8 Å². The molecular weight excluding hydrogens is 254 g/mol. The van der Waals surface area contributed by atoms with E-state index in [4.69, 9.17) is 12.2 Å². The Bertz CT molecular complexity index is 615. The molecule has 0 aliphatic rings. The number of aryl methyl sites for hydroxylation is 2. The predicted octanol–water partition coefficient (Wildman–Crippen LogP) is 2.17. The van der Waals surface area contributed by atoms with Crippen LogP contribution in [0.4, 0.5) is 0 Å². The van der Waals surface area contributed by atoms with Crippen molar-refractivity contribution in [1.82, 2.24) is 14.5 Å². The zero-order valence-corrected chi connectivity index (χ0v) is 11.5. The van der Waals surface area contributed by atoms with Crippen molar-refractivity contribution >= 4 is 34.2 Å². The molecule has 4 nitrogen and oxygen atoms in total. The summed E-state index contributed by atoms with van der Waals surface area (Å²) in [6.07, 6.45) is 4.35. The first kappa shape index (κ1) is 12.4. The van der Waals surface area contributed by atoms with E-state index in [9.17, 15) is 4.21 Å². The molecule has 0 aliphatic carbocycles. The third-order valence-electron chi connectivity index (χ3n) is 2.69. The average Bonchev–Trinajstić information content (AvgIpc) is 2.57. The molecule has 0 amide bonds. The summed E-state index contributed by atoms with van der Waals surface area (Å²) in [4.78, 5) is 7.52. The molecule has 1 atom stereocenters. The van der Waals surface area contributed by atoms with Crippen molar-refractivity contribution < 1.29 is 4.21 Å². The summed E-state index contributed by atoms with van der Waals surface area (Å²) < 4.78 is 13.7. The second-order valence-corrected chi connectivity index (χ2v) is 5.98. The lowest BCUT2D eigenvalue weighted by molar-refractivity contribution is 0.663. The summed E-state index contributed by atoms with van der Waals surface area (Å²) in [5, 5.41) is 0.